The second kappa shape index (κ2) is 9.73. The van der Waals surface area contributed by atoms with E-state index in [2.05, 4.69) is 15.6 Å². The Labute approximate surface area is 212 Å². The summed E-state index contributed by atoms with van der Waals surface area (Å²) >= 11 is 6.21. The second-order valence-corrected chi connectivity index (χ2v) is 9.42. The summed E-state index contributed by atoms with van der Waals surface area (Å²) in [5, 5.41) is 11.0. The van der Waals surface area contributed by atoms with Crippen molar-refractivity contribution < 1.29 is 23.3 Å². The van der Waals surface area contributed by atoms with E-state index in [4.69, 9.17) is 21.0 Å². The van der Waals surface area contributed by atoms with Gasteiger partial charge in [0.15, 0.2) is 0 Å². The molecule has 36 heavy (non-hydrogen) atoms. The topological polar surface area (TPSA) is 97.0 Å². The van der Waals surface area contributed by atoms with Gasteiger partial charge >= 0.3 is 0 Å². The average Bonchev–Trinajstić information content (AvgIpc) is 3.47. The number of carbonyl (C=O) groups excluding carboxylic acids is 2. The smallest absolute Gasteiger partial charge is 0.269 e. The SMILES string of the molecule is Cc1onc(-c2c(F)cccc2Cl)c1C(=O)N1CCC2(CC1)CC(C(=O)NCc1ccccc1)=NO2. The molecule has 2 aromatic carbocycles. The zero-order valence-electron chi connectivity index (χ0n) is 19.6. The molecule has 0 aliphatic carbocycles. The van der Waals surface area contributed by atoms with Gasteiger partial charge in [0.2, 0.25) is 0 Å². The van der Waals surface area contributed by atoms with Gasteiger partial charge in [-0.2, -0.15) is 0 Å². The van der Waals surface area contributed by atoms with Crippen molar-refractivity contribution in [2.24, 2.45) is 5.16 Å². The molecule has 2 aliphatic heterocycles. The molecule has 0 atom stereocenters. The van der Waals surface area contributed by atoms with Gasteiger partial charge in [0.25, 0.3) is 11.8 Å². The molecule has 0 saturated carbocycles. The molecule has 186 valence electrons. The van der Waals surface area contributed by atoms with Crippen LogP contribution in [0.25, 0.3) is 11.3 Å². The quantitative estimate of drug-likeness (QED) is 0.544. The van der Waals surface area contributed by atoms with Crippen molar-refractivity contribution in [3.8, 4) is 11.3 Å². The van der Waals surface area contributed by atoms with Crippen molar-refractivity contribution in [3.63, 3.8) is 0 Å². The summed E-state index contributed by atoms with van der Waals surface area (Å²) in [6.07, 6.45) is 1.37. The van der Waals surface area contributed by atoms with Gasteiger partial charge in [0.1, 0.15) is 34.1 Å². The molecule has 2 amide bonds. The predicted molar refractivity (Wildman–Crippen MR) is 131 cm³/mol. The maximum absolute atomic E-state index is 14.5. The molecule has 0 unspecified atom stereocenters. The van der Waals surface area contributed by atoms with Crippen LogP contribution in [0.4, 0.5) is 4.39 Å². The maximum Gasteiger partial charge on any atom is 0.269 e. The summed E-state index contributed by atoms with van der Waals surface area (Å²) in [5.74, 6) is -0.886. The van der Waals surface area contributed by atoms with E-state index in [1.165, 1.54) is 18.2 Å². The lowest BCUT2D eigenvalue weighted by Crippen LogP contribution is -2.47. The van der Waals surface area contributed by atoms with E-state index in [-0.39, 0.29) is 39.4 Å². The third-order valence-corrected chi connectivity index (χ3v) is 6.95. The number of carbonyl (C=O) groups is 2. The van der Waals surface area contributed by atoms with Gasteiger partial charge in [-0.3, -0.25) is 9.59 Å². The summed E-state index contributed by atoms with van der Waals surface area (Å²) in [6.45, 7) is 2.77. The molecule has 1 fully saturated rings. The third kappa shape index (κ3) is 4.58. The van der Waals surface area contributed by atoms with Gasteiger partial charge in [-0.15, -0.1) is 0 Å². The van der Waals surface area contributed by atoms with Gasteiger partial charge in [-0.25, -0.2) is 4.39 Å². The monoisotopic (exact) mass is 510 g/mol. The highest BCUT2D eigenvalue weighted by atomic mass is 35.5. The Kier molecular flexibility index (Phi) is 6.49. The van der Waals surface area contributed by atoms with Crippen LogP contribution in [0.15, 0.2) is 58.2 Å². The number of nitrogens with zero attached hydrogens (tertiary/aromatic N) is 3. The van der Waals surface area contributed by atoms with E-state index in [1.54, 1.807) is 11.8 Å². The number of aryl methyl sites for hydroxylation is 1. The van der Waals surface area contributed by atoms with E-state index in [9.17, 15) is 14.0 Å². The molecule has 1 N–H and O–H groups in total. The first-order chi connectivity index (χ1) is 17.4. The summed E-state index contributed by atoms with van der Waals surface area (Å²) in [5.41, 5.74) is 1.01. The third-order valence-electron chi connectivity index (χ3n) is 6.64. The molecule has 8 nitrogen and oxygen atoms in total. The van der Waals surface area contributed by atoms with Crippen LogP contribution in [0.3, 0.4) is 0 Å². The van der Waals surface area contributed by atoms with Crippen LogP contribution in [0.1, 0.15) is 40.9 Å². The first-order valence-electron chi connectivity index (χ1n) is 11.6. The first kappa shape index (κ1) is 24.0. The summed E-state index contributed by atoms with van der Waals surface area (Å²) < 4.78 is 19.8. The van der Waals surface area contributed by atoms with Gasteiger partial charge in [0.05, 0.1) is 10.6 Å². The predicted octanol–water partition coefficient (Wildman–Crippen LogP) is 4.51. The Balaban J connectivity index is 1.23. The number of oxime groups is 1. The Morgan fingerprint density at radius 2 is 1.89 bits per heavy atom. The fourth-order valence-corrected chi connectivity index (χ4v) is 4.84. The number of hydrogen-bond acceptors (Lipinski definition) is 6. The minimum absolute atomic E-state index is 0.0338. The molecular weight excluding hydrogens is 487 g/mol. The normalized spacial score (nSPS) is 16.5. The van der Waals surface area contributed by atoms with Crippen LogP contribution >= 0.6 is 11.6 Å². The van der Waals surface area contributed by atoms with Crippen LogP contribution in [-0.2, 0) is 16.2 Å². The Hall–Kier alpha value is -3.72. The Morgan fingerprint density at radius 1 is 1.14 bits per heavy atom. The van der Waals surface area contributed by atoms with Crippen molar-refractivity contribution in [2.45, 2.75) is 38.3 Å². The highest BCUT2D eigenvalue weighted by Gasteiger charge is 2.45. The zero-order chi connectivity index (χ0) is 25.3. The molecule has 2 aliphatic rings. The Bertz CT molecular complexity index is 1310. The number of amides is 2. The van der Waals surface area contributed by atoms with Crippen molar-refractivity contribution in [1.29, 1.82) is 0 Å². The van der Waals surface area contributed by atoms with Gasteiger partial charge in [-0.05, 0) is 24.6 Å². The number of nitrogens with one attached hydrogen (secondary N) is 1. The fraction of sp³-hybridized carbons (Fsp3) is 0.308. The fourth-order valence-electron chi connectivity index (χ4n) is 4.59. The highest BCUT2D eigenvalue weighted by molar-refractivity contribution is 6.39. The molecule has 0 radical (unpaired) electrons. The van der Waals surface area contributed by atoms with Gasteiger partial charge in [-0.1, -0.05) is 58.3 Å². The summed E-state index contributed by atoms with van der Waals surface area (Å²) in [6, 6.07) is 13.9. The number of benzene rings is 2. The van der Waals surface area contributed by atoms with Crippen LogP contribution in [0, 0.1) is 12.7 Å². The number of aromatic nitrogens is 1. The van der Waals surface area contributed by atoms with Crippen LogP contribution < -0.4 is 5.32 Å². The summed E-state index contributed by atoms with van der Waals surface area (Å²) in [7, 11) is 0. The van der Waals surface area contributed by atoms with E-state index in [0.717, 1.165) is 5.56 Å². The molecule has 0 bridgehead atoms. The van der Waals surface area contributed by atoms with E-state index in [0.29, 0.717) is 44.6 Å². The molecule has 5 rings (SSSR count). The molecular formula is C26H24ClFN4O4. The standard InChI is InChI=1S/C26H24ClFN4O4/c1-16-21(23(31-35-16)22-18(27)8-5-9-19(22)28)25(34)32-12-10-26(11-13-32)14-20(30-36-26)24(33)29-15-17-6-3-2-4-7-17/h2-9H,10-15H2,1H3,(H,29,33). The number of piperidine rings is 1. The first-order valence-corrected chi connectivity index (χ1v) is 12.0. The van der Waals surface area contributed by atoms with Gasteiger partial charge in [0, 0.05) is 38.9 Å². The van der Waals surface area contributed by atoms with Gasteiger partial charge < -0.3 is 19.6 Å². The number of rotatable bonds is 5. The van der Waals surface area contributed by atoms with Crippen molar-refractivity contribution >= 4 is 29.1 Å². The van der Waals surface area contributed by atoms with E-state index >= 15 is 0 Å². The highest BCUT2D eigenvalue weighted by Crippen LogP contribution is 2.37. The number of likely N-dealkylation sites (tertiary alicyclic amines) is 1. The minimum atomic E-state index is -0.627. The molecule has 1 aromatic heterocycles. The van der Waals surface area contributed by atoms with E-state index < -0.39 is 11.4 Å². The lowest BCUT2D eigenvalue weighted by Gasteiger charge is -2.37. The van der Waals surface area contributed by atoms with Crippen molar-refractivity contribution in [2.75, 3.05) is 13.1 Å². The Morgan fingerprint density at radius 3 is 2.61 bits per heavy atom. The van der Waals surface area contributed by atoms with Crippen LogP contribution in [0.5, 0.6) is 0 Å². The lowest BCUT2D eigenvalue weighted by molar-refractivity contribution is -0.115. The molecule has 3 aromatic rings. The number of hydrogen-bond donors (Lipinski definition) is 1. The van der Waals surface area contributed by atoms with Crippen molar-refractivity contribution in [3.05, 3.63) is 76.3 Å². The van der Waals surface area contributed by atoms with Crippen LogP contribution in [-0.4, -0.2) is 46.3 Å². The largest absolute Gasteiger partial charge is 0.388 e. The molecule has 1 saturated heterocycles. The maximum atomic E-state index is 14.5. The minimum Gasteiger partial charge on any atom is -0.388 e. The second-order valence-electron chi connectivity index (χ2n) is 9.01. The zero-order valence-corrected chi connectivity index (χ0v) is 20.3. The van der Waals surface area contributed by atoms with Crippen molar-refractivity contribution in [1.82, 2.24) is 15.4 Å². The lowest BCUT2D eigenvalue weighted by atomic mass is 9.86. The van der Waals surface area contributed by atoms with E-state index in [1.807, 2.05) is 30.3 Å². The van der Waals surface area contributed by atoms with Crippen LogP contribution in [0.2, 0.25) is 5.02 Å². The summed E-state index contributed by atoms with van der Waals surface area (Å²) in [4.78, 5) is 33.4. The molecule has 3 heterocycles. The number of halogens is 2. The molecule has 10 heteroatoms. The average molecular weight is 511 g/mol. The molecule has 1 spiro atoms.